The van der Waals surface area contributed by atoms with Crippen molar-refractivity contribution < 1.29 is 9.53 Å². The highest BCUT2D eigenvalue weighted by Gasteiger charge is 2.28. The molecule has 1 aromatic heterocycles. The highest BCUT2D eigenvalue weighted by Crippen LogP contribution is 2.21. The fourth-order valence-electron chi connectivity index (χ4n) is 2.86. The zero-order chi connectivity index (χ0) is 17.9. The summed E-state index contributed by atoms with van der Waals surface area (Å²) in [5.74, 6) is 0.980. The second kappa shape index (κ2) is 7.55. The molecule has 0 aromatic carbocycles. The van der Waals surface area contributed by atoms with E-state index in [1.54, 1.807) is 11.0 Å². The van der Waals surface area contributed by atoms with E-state index < -0.39 is 5.60 Å². The average Bonchev–Trinajstić information content (AvgIpc) is 2.44. The van der Waals surface area contributed by atoms with Crippen molar-refractivity contribution in [3.63, 3.8) is 0 Å². The van der Waals surface area contributed by atoms with Gasteiger partial charge in [0.1, 0.15) is 10.8 Å². The van der Waals surface area contributed by atoms with Crippen LogP contribution in [0.25, 0.3) is 0 Å². The van der Waals surface area contributed by atoms with Crippen molar-refractivity contribution in [2.75, 3.05) is 31.6 Å². The highest BCUT2D eigenvalue weighted by atomic mass is 35.5. The summed E-state index contributed by atoms with van der Waals surface area (Å²) in [5, 5.41) is 0.448. The first-order chi connectivity index (χ1) is 11.1. The zero-order valence-electron chi connectivity index (χ0n) is 15.2. The van der Waals surface area contributed by atoms with Gasteiger partial charge >= 0.3 is 6.09 Å². The molecule has 1 saturated heterocycles. The number of nitrogens with zero attached hydrogens (tertiary/aromatic N) is 4. The molecule has 0 unspecified atom stereocenters. The minimum Gasteiger partial charge on any atom is -0.444 e. The lowest BCUT2D eigenvalue weighted by Crippen LogP contribution is -2.45. The smallest absolute Gasteiger partial charge is 0.410 e. The molecule has 2 rings (SSSR count). The quantitative estimate of drug-likeness (QED) is 0.777. The number of amides is 1. The van der Waals surface area contributed by atoms with E-state index in [9.17, 15) is 4.79 Å². The molecule has 1 aliphatic heterocycles. The van der Waals surface area contributed by atoms with Crippen LogP contribution < -0.4 is 4.90 Å². The Morgan fingerprint density at radius 2 is 2.17 bits per heavy atom. The van der Waals surface area contributed by atoms with Crippen LogP contribution in [0.5, 0.6) is 0 Å². The van der Waals surface area contributed by atoms with Crippen molar-refractivity contribution in [2.24, 2.45) is 5.92 Å². The zero-order valence-corrected chi connectivity index (χ0v) is 15.9. The van der Waals surface area contributed by atoms with Crippen molar-refractivity contribution in [2.45, 2.75) is 46.1 Å². The van der Waals surface area contributed by atoms with E-state index in [1.165, 1.54) is 0 Å². The van der Waals surface area contributed by atoms with Gasteiger partial charge < -0.3 is 14.5 Å². The van der Waals surface area contributed by atoms with Gasteiger partial charge in [0.25, 0.3) is 0 Å². The summed E-state index contributed by atoms with van der Waals surface area (Å²) >= 11 is 6.02. The van der Waals surface area contributed by atoms with Crippen LogP contribution in [-0.2, 0) is 4.74 Å². The second-order valence-corrected chi connectivity index (χ2v) is 7.83. The third-order valence-electron chi connectivity index (χ3n) is 3.86. The van der Waals surface area contributed by atoms with Crippen LogP contribution in [-0.4, -0.2) is 53.2 Å². The molecule has 0 N–H and O–H groups in total. The molecule has 0 spiro atoms. The number of carbonyl (C=O) groups is 1. The molecule has 0 aliphatic carbocycles. The highest BCUT2D eigenvalue weighted by molar-refractivity contribution is 6.29. The van der Waals surface area contributed by atoms with Crippen molar-refractivity contribution in [3.05, 3.63) is 16.9 Å². The van der Waals surface area contributed by atoms with Crippen molar-refractivity contribution >= 4 is 23.6 Å². The maximum Gasteiger partial charge on any atom is 0.410 e. The molecule has 1 atom stereocenters. The molecule has 2 heterocycles. The molecule has 1 amide bonds. The van der Waals surface area contributed by atoms with Crippen LogP contribution in [0.2, 0.25) is 5.15 Å². The number of rotatable bonds is 3. The summed E-state index contributed by atoms with van der Waals surface area (Å²) in [4.78, 5) is 24.8. The molecule has 1 aromatic rings. The van der Waals surface area contributed by atoms with Crippen LogP contribution >= 0.6 is 11.6 Å². The molecule has 0 bridgehead atoms. The molecule has 0 radical (unpaired) electrons. The number of aromatic nitrogens is 2. The summed E-state index contributed by atoms with van der Waals surface area (Å²) in [7, 11) is 1.96. The Labute approximate surface area is 149 Å². The maximum atomic E-state index is 12.3. The van der Waals surface area contributed by atoms with Crippen LogP contribution in [0.1, 0.15) is 39.3 Å². The number of ether oxygens (including phenoxy) is 1. The van der Waals surface area contributed by atoms with Crippen molar-refractivity contribution in [1.29, 1.82) is 0 Å². The van der Waals surface area contributed by atoms with Gasteiger partial charge in [-0.3, -0.25) is 0 Å². The fraction of sp³-hybridized carbons (Fsp3) is 0.706. The topological polar surface area (TPSA) is 58.6 Å². The Morgan fingerprint density at radius 3 is 2.79 bits per heavy atom. The summed E-state index contributed by atoms with van der Waals surface area (Å²) in [6, 6.07) is 1.74. The van der Waals surface area contributed by atoms with Crippen LogP contribution in [0, 0.1) is 12.8 Å². The maximum absolute atomic E-state index is 12.3. The predicted octanol–water partition coefficient (Wildman–Crippen LogP) is 3.52. The van der Waals surface area contributed by atoms with Crippen LogP contribution in [0.3, 0.4) is 0 Å². The average molecular weight is 355 g/mol. The Hall–Kier alpha value is -1.56. The van der Waals surface area contributed by atoms with Gasteiger partial charge in [0.15, 0.2) is 0 Å². The normalized spacial score (nSPS) is 18.4. The van der Waals surface area contributed by atoms with Crippen LogP contribution in [0.4, 0.5) is 10.7 Å². The predicted molar refractivity (Wildman–Crippen MR) is 95.6 cm³/mol. The SMILES string of the molecule is Cc1cc(Cl)nc(N(C)C[C@@H]2CCCN(C(=O)OC(C)(C)C)C2)n1. The van der Waals surface area contributed by atoms with E-state index in [-0.39, 0.29) is 6.09 Å². The minimum atomic E-state index is -0.465. The Balaban J connectivity index is 1.96. The number of likely N-dealkylation sites (tertiary alicyclic amines) is 1. The van der Waals surface area contributed by atoms with E-state index in [1.807, 2.05) is 39.6 Å². The standard InChI is InChI=1S/C17H27ClN4O2/c1-12-9-14(18)20-15(19-12)21(5)10-13-7-6-8-22(11-13)16(23)24-17(2,3)4/h9,13H,6-8,10-11H2,1-5H3/t13-/m0/s1. The summed E-state index contributed by atoms with van der Waals surface area (Å²) in [6.07, 6.45) is 1.82. The molecule has 24 heavy (non-hydrogen) atoms. The van der Waals surface area contributed by atoms with Crippen molar-refractivity contribution in [1.82, 2.24) is 14.9 Å². The third-order valence-corrected chi connectivity index (χ3v) is 4.05. The Morgan fingerprint density at radius 1 is 1.46 bits per heavy atom. The van der Waals surface area contributed by atoms with Gasteiger partial charge in [-0.2, -0.15) is 0 Å². The number of hydrogen-bond donors (Lipinski definition) is 0. The summed E-state index contributed by atoms with van der Waals surface area (Å²) in [5.41, 5.74) is 0.378. The van der Waals surface area contributed by atoms with E-state index in [0.29, 0.717) is 23.6 Å². The van der Waals surface area contributed by atoms with E-state index in [0.717, 1.165) is 31.6 Å². The summed E-state index contributed by atoms with van der Waals surface area (Å²) < 4.78 is 5.48. The largest absolute Gasteiger partial charge is 0.444 e. The molecular formula is C17H27ClN4O2. The van der Waals surface area contributed by atoms with Gasteiger partial charge in [-0.1, -0.05) is 11.6 Å². The fourth-order valence-corrected chi connectivity index (χ4v) is 3.09. The molecule has 134 valence electrons. The first-order valence-corrected chi connectivity index (χ1v) is 8.72. The van der Waals surface area contributed by atoms with Gasteiger partial charge in [-0.15, -0.1) is 0 Å². The lowest BCUT2D eigenvalue weighted by Gasteiger charge is -2.35. The molecular weight excluding hydrogens is 328 g/mol. The number of anilines is 1. The first kappa shape index (κ1) is 18.8. The molecule has 7 heteroatoms. The van der Waals surface area contributed by atoms with Crippen molar-refractivity contribution in [3.8, 4) is 0 Å². The number of hydrogen-bond acceptors (Lipinski definition) is 5. The van der Waals surface area contributed by atoms with Gasteiger partial charge in [-0.25, -0.2) is 14.8 Å². The lowest BCUT2D eigenvalue weighted by atomic mass is 9.98. The van der Waals surface area contributed by atoms with Gasteiger partial charge in [0, 0.05) is 32.4 Å². The van der Waals surface area contributed by atoms with Gasteiger partial charge in [0.05, 0.1) is 0 Å². The molecule has 0 saturated carbocycles. The van der Waals surface area contributed by atoms with E-state index in [4.69, 9.17) is 16.3 Å². The monoisotopic (exact) mass is 354 g/mol. The van der Waals surface area contributed by atoms with E-state index in [2.05, 4.69) is 9.97 Å². The first-order valence-electron chi connectivity index (χ1n) is 8.34. The lowest BCUT2D eigenvalue weighted by molar-refractivity contribution is 0.0170. The molecule has 6 nitrogen and oxygen atoms in total. The van der Waals surface area contributed by atoms with Crippen LogP contribution in [0.15, 0.2) is 6.07 Å². The molecule has 1 aliphatic rings. The second-order valence-electron chi connectivity index (χ2n) is 7.45. The Bertz CT molecular complexity index is 568. The number of piperidine rings is 1. The van der Waals surface area contributed by atoms with Gasteiger partial charge in [-0.05, 0) is 52.5 Å². The number of carbonyl (C=O) groups excluding carboxylic acids is 1. The van der Waals surface area contributed by atoms with E-state index >= 15 is 0 Å². The summed E-state index contributed by atoms with van der Waals surface area (Å²) in [6.45, 7) is 9.78. The number of aryl methyl sites for hydroxylation is 1. The Kier molecular flexibility index (Phi) is 5.91. The van der Waals surface area contributed by atoms with Gasteiger partial charge in [0.2, 0.25) is 5.95 Å². The molecule has 1 fully saturated rings. The minimum absolute atomic E-state index is 0.232. The number of halogens is 1. The third kappa shape index (κ3) is 5.51.